The van der Waals surface area contributed by atoms with Crippen molar-refractivity contribution in [2.75, 3.05) is 11.9 Å². The van der Waals surface area contributed by atoms with Crippen LogP contribution in [0.4, 0.5) is 5.69 Å². The Labute approximate surface area is 167 Å². The maximum absolute atomic E-state index is 12.2. The molecule has 2 aromatic rings. The number of ether oxygens (including phenoxy) is 2. The van der Waals surface area contributed by atoms with E-state index in [1.807, 2.05) is 19.1 Å². The number of hydrogen-bond donors (Lipinski definition) is 1. The van der Waals surface area contributed by atoms with Gasteiger partial charge in [0.2, 0.25) is 0 Å². The zero-order valence-electron chi connectivity index (χ0n) is 14.9. The normalized spacial score (nSPS) is 11.9. The molecule has 27 heavy (non-hydrogen) atoms. The molecule has 0 spiro atoms. The van der Waals surface area contributed by atoms with Gasteiger partial charge in [-0.3, -0.25) is 4.79 Å². The molecule has 2 rings (SSSR count). The molecule has 0 saturated carbocycles. The summed E-state index contributed by atoms with van der Waals surface area (Å²) in [7, 11) is 0. The molecule has 0 aromatic heterocycles. The molecule has 0 aliphatic rings. The molecule has 1 amide bonds. The third-order valence-corrected chi connectivity index (χ3v) is 4.11. The van der Waals surface area contributed by atoms with E-state index in [2.05, 4.69) is 5.32 Å². The molecule has 0 saturated heterocycles. The van der Waals surface area contributed by atoms with Crippen molar-refractivity contribution < 1.29 is 19.1 Å². The van der Waals surface area contributed by atoms with Gasteiger partial charge in [-0.1, -0.05) is 41.4 Å². The van der Waals surface area contributed by atoms with Crippen LogP contribution in [0.1, 0.15) is 19.4 Å². The average Bonchev–Trinajstić information content (AvgIpc) is 2.64. The number of halogens is 2. The summed E-state index contributed by atoms with van der Waals surface area (Å²) >= 11 is 12.0. The second-order valence-electron chi connectivity index (χ2n) is 5.50. The molecule has 142 valence electrons. The van der Waals surface area contributed by atoms with Crippen LogP contribution < -0.4 is 10.1 Å². The van der Waals surface area contributed by atoms with Gasteiger partial charge < -0.3 is 14.8 Å². The van der Waals surface area contributed by atoms with E-state index in [1.165, 1.54) is 13.0 Å². The van der Waals surface area contributed by atoms with Gasteiger partial charge >= 0.3 is 5.97 Å². The fraction of sp³-hybridized carbons (Fsp3) is 0.200. The van der Waals surface area contributed by atoms with Crippen molar-refractivity contribution in [1.82, 2.24) is 0 Å². The first-order valence-electron chi connectivity index (χ1n) is 8.27. The predicted molar refractivity (Wildman–Crippen MR) is 107 cm³/mol. The van der Waals surface area contributed by atoms with Crippen molar-refractivity contribution in [3.05, 3.63) is 64.1 Å². The van der Waals surface area contributed by atoms with Crippen LogP contribution in [0, 0.1) is 0 Å². The van der Waals surface area contributed by atoms with Gasteiger partial charge in [0.15, 0.2) is 6.10 Å². The number of hydrogen-bond acceptors (Lipinski definition) is 4. The number of rotatable bonds is 7. The molecule has 0 aliphatic heterocycles. The Morgan fingerprint density at radius 3 is 2.33 bits per heavy atom. The number of para-hydroxylation sites is 1. The quantitative estimate of drug-likeness (QED) is 0.519. The minimum Gasteiger partial charge on any atom is -0.494 e. The lowest BCUT2D eigenvalue weighted by molar-refractivity contribution is -0.148. The molecule has 7 heteroatoms. The number of nitrogens with one attached hydrogen (secondary N) is 1. The third kappa shape index (κ3) is 6.31. The number of anilines is 1. The molecule has 2 aromatic carbocycles. The Morgan fingerprint density at radius 1 is 1.11 bits per heavy atom. The largest absolute Gasteiger partial charge is 0.494 e. The van der Waals surface area contributed by atoms with E-state index < -0.39 is 18.0 Å². The second kappa shape index (κ2) is 10.00. The summed E-state index contributed by atoms with van der Waals surface area (Å²) in [5.74, 6) is -0.426. The monoisotopic (exact) mass is 407 g/mol. The highest BCUT2D eigenvalue weighted by molar-refractivity contribution is 6.39. The number of amides is 1. The summed E-state index contributed by atoms with van der Waals surface area (Å²) in [4.78, 5) is 24.1. The van der Waals surface area contributed by atoms with Crippen LogP contribution in [0.2, 0.25) is 10.0 Å². The van der Waals surface area contributed by atoms with E-state index in [0.717, 1.165) is 11.3 Å². The smallest absolute Gasteiger partial charge is 0.331 e. The van der Waals surface area contributed by atoms with Crippen LogP contribution in [0.25, 0.3) is 6.08 Å². The maximum Gasteiger partial charge on any atom is 0.331 e. The van der Waals surface area contributed by atoms with Gasteiger partial charge in [0, 0.05) is 6.08 Å². The summed E-state index contributed by atoms with van der Waals surface area (Å²) < 4.78 is 10.5. The van der Waals surface area contributed by atoms with E-state index in [4.69, 9.17) is 32.7 Å². The van der Waals surface area contributed by atoms with Crippen LogP contribution in [0.3, 0.4) is 0 Å². The third-order valence-electron chi connectivity index (χ3n) is 3.48. The Kier molecular flexibility index (Phi) is 7.70. The summed E-state index contributed by atoms with van der Waals surface area (Å²) in [5, 5.41) is 3.15. The van der Waals surface area contributed by atoms with Crippen molar-refractivity contribution in [3.8, 4) is 5.75 Å². The molecule has 0 aliphatic carbocycles. The van der Waals surface area contributed by atoms with E-state index in [1.54, 1.807) is 36.4 Å². The molecule has 1 atom stereocenters. The first-order chi connectivity index (χ1) is 12.9. The van der Waals surface area contributed by atoms with Crippen molar-refractivity contribution in [1.29, 1.82) is 0 Å². The maximum atomic E-state index is 12.2. The lowest BCUT2D eigenvalue weighted by atomic mass is 10.2. The Bertz CT molecular complexity index is 814. The molecule has 0 heterocycles. The van der Waals surface area contributed by atoms with Crippen LogP contribution in [-0.2, 0) is 14.3 Å². The van der Waals surface area contributed by atoms with Gasteiger partial charge in [0.05, 0.1) is 22.3 Å². The van der Waals surface area contributed by atoms with Gasteiger partial charge in [0.25, 0.3) is 5.91 Å². The fourth-order valence-electron chi connectivity index (χ4n) is 2.12. The second-order valence-corrected chi connectivity index (χ2v) is 6.31. The zero-order chi connectivity index (χ0) is 19.8. The topological polar surface area (TPSA) is 64.6 Å². The van der Waals surface area contributed by atoms with Crippen LogP contribution in [0.5, 0.6) is 5.75 Å². The highest BCUT2D eigenvalue weighted by Crippen LogP contribution is 2.29. The molecule has 5 nitrogen and oxygen atoms in total. The Balaban J connectivity index is 1.91. The van der Waals surface area contributed by atoms with Crippen molar-refractivity contribution >= 4 is 46.8 Å². The lowest BCUT2D eigenvalue weighted by Crippen LogP contribution is -2.29. The standard InChI is InChI=1S/C20H19Cl2NO4/c1-3-26-15-10-7-14(8-11-15)9-12-18(24)27-13(2)20(25)23-19-16(21)5-4-6-17(19)22/h4-13H,3H2,1-2H3,(H,23,25)/b12-9+/t13-/m1/s1. The van der Waals surface area contributed by atoms with Gasteiger partial charge in [0.1, 0.15) is 5.75 Å². The van der Waals surface area contributed by atoms with Crippen molar-refractivity contribution in [2.45, 2.75) is 20.0 Å². The number of carbonyl (C=O) groups excluding carboxylic acids is 2. The summed E-state index contributed by atoms with van der Waals surface area (Å²) in [6.07, 6.45) is 1.82. The summed E-state index contributed by atoms with van der Waals surface area (Å²) in [6, 6.07) is 12.1. The van der Waals surface area contributed by atoms with Gasteiger partial charge in [-0.05, 0) is 49.8 Å². The number of carbonyl (C=O) groups is 2. The minimum atomic E-state index is -1.02. The summed E-state index contributed by atoms with van der Waals surface area (Å²) in [6.45, 7) is 3.95. The van der Waals surface area contributed by atoms with E-state index in [9.17, 15) is 9.59 Å². The van der Waals surface area contributed by atoms with Crippen LogP contribution in [0.15, 0.2) is 48.5 Å². The molecule has 0 fully saturated rings. The highest BCUT2D eigenvalue weighted by atomic mass is 35.5. The van der Waals surface area contributed by atoms with Crippen LogP contribution >= 0.6 is 23.2 Å². The van der Waals surface area contributed by atoms with E-state index >= 15 is 0 Å². The van der Waals surface area contributed by atoms with Crippen molar-refractivity contribution in [2.24, 2.45) is 0 Å². The minimum absolute atomic E-state index is 0.277. The lowest BCUT2D eigenvalue weighted by Gasteiger charge is -2.14. The zero-order valence-corrected chi connectivity index (χ0v) is 16.4. The molecular weight excluding hydrogens is 389 g/mol. The Morgan fingerprint density at radius 2 is 1.74 bits per heavy atom. The first kappa shape index (κ1) is 20.8. The van der Waals surface area contributed by atoms with Gasteiger partial charge in [-0.25, -0.2) is 4.79 Å². The summed E-state index contributed by atoms with van der Waals surface area (Å²) in [5.41, 5.74) is 1.08. The molecular formula is C20H19Cl2NO4. The number of esters is 1. The average molecular weight is 408 g/mol. The predicted octanol–water partition coefficient (Wildman–Crippen LogP) is 4.98. The van der Waals surface area contributed by atoms with Gasteiger partial charge in [-0.15, -0.1) is 0 Å². The highest BCUT2D eigenvalue weighted by Gasteiger charge is 2.19. The first-order valence-corrected chi connectivity index (χ1v) is 9.02. The molecule has 0 unspecified atom stereocenters. The molecule has 0 bridgehead atoms. The van der Waals surface area contributed by atoms with Crippen LogP contribution in [-0.4, -0.2) is 24.6 Å². The molecule has 1 N–H and O–H groups in total. The van der Waals surface area contributed by atoms with E-state index in [-0.39, 0.29) is 5.69 Å². The SMILES string of the molecule is CCOc1ccc(/C=C/C(=O)O[C@H](C)C(=O)Nc2c(Cl)cccc2Cl)cc1. The van der Waals surface area contributed by atoms with Crippen molar-refractivity contribution in [3.63, 3.8) is 0 Å². The Hall–Kier alpha value is -2.50. The fourth-order valence-corrected chi connectivity index (χ4v) is 2.61. The number of benzene rings is 2. The van der Waals surface area contributed by atoms with E-state index in [0.29, 0.717) is 16.7 Å². The molecule has 0 radical (unpaired) electrons. The van der Waals surface area contributed by atoms with Gasteiger partial charge in [-0.2, -0.15) is 0 Å².